The molecule has 2 N–H and O–H groups in total. The number of para-hydroxylation sites is 1. The van der Waals surface area contributed by atoms with Crippen LogP contribution in [0.2, 0.25) is 0 Å². The molecule has 0 fully saturated rings. The van der Waals surface area contributed by atoms with E-state index in [-0.39, 0.29) is 17.6 Å². The molecular formula is C24H15BrFN5O2S. The highest BCUT2D eigenvalue weighted by Gasteiger charge is 2.52. The molecule has 1 amide bonds. The minimum absolute atomic E-state index is 0.159. The third kappa shape index (κ3) is 3.41. The predicted octanol–water partition coefficient (Wildman–Crippen LogP) is 5.34. The maximum absolute atomic E-state index is 14.1. The van der Waals surface area contributed by atoms with E-state index in [9.17, 15) is 9.18 Å². The molecule has 1 aromatic heterocycles. The zero-order chi connectivity index (χ0) is 23.3. The van der Waals surface area contributed by atoms with E-state index in [1.54, 1.807) is 18.2 Å². The lowest BCUT2D eigenvalue weighted by Gasteiger charge is -2.28. The van der Waals surface area contributed by atoms with E-state index in [2.05, 4.69) is 41.7 Å². The van der Waals surface area contributed by atoms with Crippen LogP contribution < -0.4 is 15.4 Å². The summed E-state index contributed by atoms with van der Waals surface area (Å²) in [4.78, 5) is 17.9. The fourth-order valence-corrected chi connectivity index (χ4v) is 5.12. The molecule has 3 aromatic carbocycles. The molecule has 0 radical (unpaired) electrons. The standard InChI is InChI=1S/C24H15BrFN5O2S/c25-14-9-10-19-16(11-14)24(22(32)27-19)29-18-8-4-2-6-15(18)20-21(33-24)28-23(31-30-20)34-12-13-5-1-3-7-17(13)26/h1-11,29H,12H2,(H,27,32). The highest BCUT2D eigenvalue weighted by Crippen LogP contribution is 2.47. The van der Waals surface area contributed by atoms with Crippen molar-refractivity contribution in [3.05, 3.63) is 88.1 Å². The average molecular weight is 536 g/mol. The Balaban J connectivity index is 1.45. The molecule has 34 heavy (non-hydrogen) atoms. The Bertz CT molecular complexity index is 1470. The lowest BCUT2D eigenvalue weighted by molar-refractivity contribution is -0.128. The largest absolute Gasteiger partial charge is 0.435 e. The van der Waals surface area contributed by atoms with Gasteiger partial charge in [-0.2, -0.15) is 4.98 Å². The molecule has 0 saturated carbocycles. The summed E-state index contributed by atoms with van der Waals surface area (Å²) in [7, 11) is 0. The minimum Gasteiger partial charge on any atom is -0.435 e. The lowest BCUT2D eigenvalue weighted by atomic mass is 10.0. The van der Waals surface area contributed by atoms with E-state index in [0.29, 0.717) is 44.7 Å². The molecule has 1 spiro atoms. The van der Waals surface area contributed by atoms with Crippen LogP contribution in [0.3, 0.4) is 0 Å². The van der Waals surface area contributed by atoms with Crippen LogP contribution in [-0.2, 0) is 16.3 Å². The van der Waals surface area contributed by atoms with Crippen LogP contribution in [0.5, 0.6) is 5.88 Å². The van der Waals surface area contributed by atoms with Gasteiger partial charge in [-0.1, -0.05) is 64.1 Å². The van der Waals surface area contributed by atoms with Crippen LogP contribution >= 0.6 is 27.7 Å². The molecule has 4 aromatic rings. The first-order chi connectivity index (χ1) is 16.5. The number of halogens is 2. The summed E-state index contributed by atoms with van der Waals surface area (Å²) in [6.07, 6.45) is 0. The number of aromatic nitrogens is 3. The molecule has 2 aliphatic rings. The second kappa shape index (κ2) is 8.07. The van der Waals surface area contributed by atoms with Gasteiger partial charge in [0, 0.05) is 21.5 Å². The molecular weight excluding hydrogens is 521 g/mol. The number of rotatable bonds is 3. The van der Waals surface area contributed by atoms with Crippen molar-refractivity contribution >= 4 is 45.0 Å². The predicted molar refractivity (Wildman–Crippen MR) is 130 cm³/mol. The monoisotopic (exact) mass is 535 g/mol. The van der Waals surface area contributed by atoms with Gasteiger partial charge in [-0.15, -0.1) is 10.2 Å². The molecule has 1 atom stereocenters. The van der Waals surface area contributed by atoms with Crippen LogP contribution in [0.25, 0.3) is 11.3 Å². The van der Waals surface area contributed by atoms with Crippen molar-refractivity contribution in [2.24, 2.45) is 0 Å². The van der Waals surface area contributed by atoms with Crippen molar-refractivity contribution in [1.82, 2.24) is 15.2 Å². The summed E-state index contributed by atoms with van der Waals surface area (Å²) in [5.74, 6) is -0.187. The quantitative estimate of drug-likeness (QED) is 0.342. The number of nitrogens with zero attached hydrogens (tertiary/aromatic N) is 3. The molecule has 0 saturated heterocycles. The van der Waals surface area contributed by atoms with Crippen LogP contribution in [0.1, 0.15) is 11.1 Å². The number of benzene rings is 3. The third-order valence-electron chi connectivity index (χ3n) is 5.62. The van der Waals surface area contributed by atoms with E-state index >= 15 is 0 Å². The number of anilines is 2. The molecule has 0 aliphatic carbocycles. The van der Waals surface area contributed by atoms with E-state index in [0.717, 1.165) is 4.47 Å². The molecule has 168 valence electrons. The molecule has 6 rings (SSSR count). The maximum Gasteiger partial charge on any atom is 0.295 e. The number of carbonyl (C=O) groups excluding carboxylic acids is 1. The van der Waals surface area contributed by atoms with Gasteiger partial charge >= 0.3 is 0 Å². The number of nitrogens with one attached hydrogen (secondary N) is 2. The van der Waals surface area contributed by atoms with Crippen LogP contribution in [0.15, 0.2) is 76.4 Å². The lowest BCUT2D eigenvalue weighted by Crippen LogP contribution is -2.47. The molecule has 0 bridgehead atoms. The summed E-state index contributed by atoms with van der Waals surface area (Å²) in [6, 6.07) is 19.5. The van der Waals surface area contributed by atoms with Crippen molar-refractivity contribution in [2.45, 2.75) is 16.6 Å². The first kappa shape index (κ1) is 21.1. The second-order valence-electron chi connectivity index (χ2n) is 7.73. The van der Waals surface area contributed by atoms with Crippen molar-refractivity contribution in [3.8, 4) is 17.1 Å². The number of hydrogen-bond acceptors (Lipinski definition) is 7. The van der Waals surface area contributed by atoms with Gasteiger partial charge < -0.3 is 15.4 Å². The fraction of sp³-hybridized carbons (Fsp3) is 0.0833. The Morgan fingerprint density at radius 3 is 2.74 bits per heavy atom. The van der Waals surface area contributed by atoms with Gasteiger partial charge in [0.05, 0.1) is 11.3 Å². The Labute approximate surface area is 206 Å². The summed E-state index contributed by atoms with van der Waals surface area (Å²) < 4.78 is 21.2. The van der Waals surface area contributed by atoms with Gasteiger partial charge in [0.2, 0.25) is 11.0 Å². The molecule has 2 aliphatic heterocycles. The summed E-state index contributed by atoms with van der Waals surface area (Å²) in [6.45, 7) is 0. The first-order valence-corrected chi connectivity index (χ1v) is 12.1. The van der Waals surface area contributed by atoms with E-state index in [4.69, 9.17) is 4.74 Å². The summed E-state index contributed by atoms with van der Waals surface area (Å²) in [5.41, 5.74) is 2.01. The van der Waals surface area contributed by atoms with Crippen molar-refractivity contribution < 1.29 is 13.9 Å². The number of fused-ring (bicyclic) bond motifs is 5. The summed E-state index contributed by atoms with van der Waals surface area (Å²) in [5, 5.41) is 15.1. The third-order valence-corrected chi connectivity index (χ3v) is 7.00. The Morgan fingerprint density at radius 1 is 1.03 bits per heavy atom. The minimum atomic E-state index is -1.55. The van der Waals surface area contributed by atoms with Gasteiger partial charge in [-0.05, 0) is 35.9 Å². The highest BCUT2D eigenvalue weighted by atomic mass is 79.9. The van der Waals surface area contributed by atoms with Crippen LogP contribution in [0.4, 0.5) is 15.8 Å². The van der Waals surface area contributed by atoms with Crippen LogP contribution in [-0.4, -0.2) is 21.1 Å². The summed E-state index contributed by atoms with van der Waals surface area (Å²) >= 11 is 4.72. The molecule has 1 unspecified atom stereocenters. The number of amides is 1. The van der Waals surface area contributed by atoms with Gasteiger partial charge in [-0.3, -0.25) is 4.79 Å². The Hall–Kier alpha value is -3.50. The zero-order valence-electron chi connectivity index (χ0n) is 17.4. The fourth-order valence-electron chi connectivity index (χ4n) is 3.99. The van der Waals surface area contributed by atoms with Crippen molar-refractivity contribution in [3.63, 3.8) is 0 Å². The van der Waals surface area contributed by atoms with Crippen molar-refractivity contribution in [2.75, 3.05) is 10.6 Å². The van der Waals surface area contributed by atoms with E-state index in [1.807, 2.05) is 42.5 Å². The van der Waals surface area contributed by atoms with E-state index < -0.39 is 5.72 Å². The van der Waals surface area contributed by atoms with Gasteiger partial charge in [0.1, 0.15) is 5.82 Å². The SMILES string of the molecule is O=C1Nc2ccc(Br)cc2C12Nc1ccccc1-c1nnc(SCc3ccccc3F)nc1O2. The molecule has 7 nitrogen and oxygen atoms in total. The smallest absolute Gasteiger partial charge is 0.295 e. The Morgan fingerprint density at radius 2 is 1.85 bits per heavy atom. The number of carbonyl (C=O) groups is 1. The molecule has 10 heteroatoms. The Kier molecular flexibility index (Phi) is 5.00. The van der Waals surface area contributed by atoms with Gasteiger partial charge in [0.15, 0.2) is 5.69 Å². The van der Waals surface area contributed by atoms with Gasteiger partial charge in [-0.25, -0.2) is 4.39 Å². The molecule has 3 heterocycles. The van der Waals surface area contributed by atoms with Crippen molar-refractivity contribution in [1.29, 1.82) is 0 Å². The number of hydrogen-bond donors (Lipinski definition) is 2. The number of thioether (sulfide) groups is 1. The second-order valence-corrected chi connectivity index (χ2v) is 9.58. The van der Waals surface area contributed by atoms with Crippen LogP contribution in [0, 0.1) is 5.82 Å². The zero-order valence-corrected chi connectivity index (χ0v) is 19.8. The maximum atomic E-state index is 14.1. The van der Waals surface area contributed by atoms with Gasteiger partial charge in [0.25, 0.3) is 11.6 Å². The first-order valence-electron chi connectivity index (χ1n) is 10.3. The highest BCUT2D eigenvalue weighted by molar-refractivity contribution is 9.10. The number of ether oxygens (including phenoxy) is 1. The average Bonchev–Trinajstić information content (AvgIpc) is 3.00. The topological polar surface area (TPSA) is 89.0 Å². The van der Waals surface area contributed by atoms with E-state index in [1.165, 1.54) is 17.8 Å². The normalized spacial score (nSPS) is 17.6.